The Morgan fingerprint density at radius 1 is 1.14 bits per heavy atom. The number of nitrogens with zero attached hydrogens (tertiary/aromatic N) is 2. The number of rotatable bonds is 3. The van der Waals surface area contributed by atoms with E-state index in [0.29, 0.717) is 5.56 Å². The van der Waals surface area contributed by atoms with Gasteiger partial charge in [-0.15, -0.1) is 0 Å². The number of hydrogen-bond acceptors (Lipinski definition) is 6. The summed E-state index contributed by atoms with van der Waals surface area (Å²) in [6, 6.07) is 11.9. The van der Waals surface area contributed by atoms with Crippen molar-refractivity contribution in [2.45, 2.75) is 0 Å². The number of carbonyl (C=O) groups excluding carboxylic acids is 1. The van der Waals surface area contributed by atoms with Gasteiger partial charge in [0.25, 0.3) is 5.95 Å². The first-order chi connectivity index (χ1) is 10.2. The molecule has 102 valence electrons. The van der Waals surface area contributed by atoms with Crippen LogP contribution in [0.4, 0.5) is 0 Å². The van der Waals surface area contributed by atoms with Gasteiger partial charge in [-0.25, -0.2) is 4.79 Å². The molecule has 0 radical (unpaired) electrons. The highest BCUT2D eigenvalue weighted by Gasteiger charge is 2.20. The van der Waals surface area contributed by atoms with E-state index < -0.39 is 11.5 Å². The maximum Gasteiger partial charge on any atom is 0.358 e. The zero-order chi connectivity index (χ0) is 15.2. The lowest BCUT2D eigenvalue weighted by Crippen LogP contribution is -2.11. The summed E-state index contributed by atoms with van der Waals surface area (Å²) in [4.78, 5) is 11.9. The Hall–Kier alpha value is -3.51. The predicted molar refractivity (Wildman–Crippen MR) is 70.6 cm³/mol. The van der Waals surface area contributed by atoms with Crippen LogP contribution in [0.25, 0.3) is 5.57 Å². The molecule has 0 aliphatic carbocycles. The predicted octanol–water partition coefficient (Wildman–Crippen LogP) is 2.39. The molecule has 2 aromatic rings. The number of benzene rings is 1. The Bertz CT molecular complexity index is 759. The minimum atomic E-state index is -0.989. The highest BCUT2D eigenvalue weighted by molar-refractivity contribution is 6.05. The molecule has 0 saturated carbocycles. The number of hydrogen-bond donors (Lipinski definition) is 1. The summed E-state index contributed by atoms with van der Waals surface area (Å²) in [6.07, 6.45) is 1.31. The van der Waals surface area contributed by atoms with Crippen molar-refractivity contribution in [2.24, 2.45) is 0 Å². The summed E-state index contributed by atoms with van der Waals surface area (Å²) >= 11 is 0. The fraction of sp³-hybridized carbons (Fsp3) is 0. The van der Waals surface area contributed by atoms with Gasteiger partial charge in [-0.05, 0) is 35.9 Å². The molecule has 0 unspecified atom stereocenters. The van der Waals surface area contributed by atoms with Crippen LogP contribution in [0.5, 0.6) is 11.7 Å². The Labute approximate surface area is 119 Å². The van der Waals surface area contributed by atoms with Crippen molar-refractivity contribution < 1.29 is 19.1 Å². The third kappa shape index (κ3) is 3.09. The van der Waals surface area contributed by atoms with E-state index >= 15 is 0 Å². The lowest BCUT2D eigenvalue weighted by molar-refractivity contribution is -0.130. The summed E-state index contributed by atoms with van der Waals surface area (Å²) in [5.74, 6) is -1.06. The lowest BCUT2D eigenvalue weighted by Gasteiger charge is -2.03. The van der Waals surface area contributed by atoms with Gasteiger partial charge in [0.1, 0.15) is 17.9 Å². The van der Waals surface area contributed by atoms with E-state index in [0.717, 1.165) is 0 Å². The van der Waals surface area contributed by atoms with Crippen LogP contribution in [0, 0.1) is 22.7 Å². The first-order valence-corrected chi connectivity index (χ1v) is 5.75. The molecule has 6 heteroatoms. The van der Waals surface area contributed by atoms with Crippen LogP contribution in [-0.2, 0) is 4.79 Å². The molecule has 0 atom stereocenters. The Morgan fingerprint density at radius 2 is 1.86 bits per heavy atom. The second-order valence-corrected chi connectivity index (χ2v) is 3.84. The van der Waals surface area contributed by atoms with Gasteiger partial charge in [0.2, 0.25) is 0 Å². The van der Waals surface area contributed by atoms with Crippen molar-refractivity contribution in [2.75, 3.05) is 0 Å². The van der Waals surface area contributed by atoms with Gasteiger partial charge >= 0.3 is 5.97 Å². The molecule has 0 fully saturated rings. The van der Waals surface area contributed by atoms with Crippen LogP contribution in [0.1, 0.15) is 5.56 Å². The van der Waals surface area contributed by atoms with Crippen molar-refractivity contribution in [1.29, 1.82) is 10.5 Å². The summed E-state index contributed by atoms with van der Waals surface area (Å²) < 4.78 is 9.69. The monoisotopic (exact) mass is 280 g/mol. The number of ether oxygens (including phenoxy) is 1. The highest BCUT2D eigenvalue weighted by Crippen LogP contribution is 2.22. The quantitative estimate of drug-likeness (QED) is 0.525. The number of nitriles is 2. The smallest absolute Gasteiger partial charge is 0.358 e. The van der Waals surface area contributed by atoms with Crippen molar-refractivity contribution >= 4 is 11.5 Å². The van der Waals surface area contributed by atoms with E-state index in [-0.39, 0.29) is 17.3 Å². The first-order valence-electron chi connectivity index (χ1n) is 5.75. The molecule has 1 aromatic heterocycles. The number of esters is 1. The molecule has 21 heavy (non-hydrogen) atoms. The van der Waals surface area contributed by atoms with E-state index in [9.17, 15) is 15.2 Å². The SMILES string of the molecule is N#CC(C(=O)Oc1ccco1)=C(C#N)c1ccc(O)cc1. The second kappa shape index (κ2) is 6.09. The molecular formula is C15H8N2O4. The van der Waals surface area contributed by atoms with Crippen LogP contribution >= 0.6 is 0 Å². The van der Waals surface area contributed by atoms with E-state index in [2.05, 4.69) is 0 Å². The summed E-state index contributed by atoms with van der Waals surface area (Å²) in [7, 11) is 0. The van der Waals surface area contributed by atoms with Crippen molar-refractivity contribution in [1.82, 2.24) is 0 Å². The fourth-order valence-corrected chi connectivity index (χ4v) is 1.56. The number of phenolic OH excluding ortho intramolecular Hbond substituents is 1. The number of phenols is 1. The molecule has 0 aliphatic rings. The molecule has 0 spiro atoms. The largest absolute Gasteiger partial charge is 0.508 e. The van der Waals surface area contributed by atoms with Gasteiger partial charge < -0.3 is 14.3 Å². The molecule has 1 aromatic carbocycles. The number of furan rings is 1. The third-order valence-corrected chi connectivity index (χ3v) is 2.52. The molecule has 0 aliphatic heterocycles. The van der Waals surface area contributed by atoms with Crippen molar-refractivity contribution in [3.63, 3.8) is 0 Å². The number of allylic oxidation sites excluding steroid dienone is 1. The maximum absolute atomic E-state index is 11.9. The normalized spacial score (nSPS) is 11.0. The number of aromatic hydroxyl groups is 1. The third-order valence-electron chi connectivity index (χ3n) is 2.52. The Morgan fingerprint density at radius 3 is 2.38 bits per heavy atom. The van der Waals surface area contributed by atoms with Gasteiger partial charge in [0.05, 0.1) is 11.8 Å². The molecule has 6 nitrogen and oxygen atoms in total. The van der Waals surface area contributed by atoms with Gasteiger partial charge in [0, 0.05) is 6.07 Å². The zero-order valence-corrected chi connectivity index (χ0v) is 10.6. The van der Waals surface area contributed by atoms with E-state index in [1.807, 2.05) is 0 Å². The molecule has 1 heterocycles. The zero-order valence-electron chi connectivity index (χ0n) is 10.6. The Balaban J connectivity index is 2.40. The highest BCUT2D eigenvalue weighted by atomic mass is 16.6. The molecule has 0 amide bonds. The molecular weight excluding hydrogens is 272 g/mol. The standard InChI is InChI=1S/C15H8N2O4/c16-8-12(10-3-5-11(18)6-4-10)13(9-17)15(19)21-14-2-1-7-20-14/h1-7,18H. The first kappa shape index (κ1) is 13.9. The van der Waals surface area contributed by atoms with E-state index in [1.165, 1.54) is 42.7 Å². The van der Waals surface area contributed by atoms with Crippen LogP contribution in [0.3, 0.4) is 0 Å². The molecule has 0 bridgehead atoms. The fourth-order valence-electron chi connectivity index (χ4n) is 1.56. The second-order valence-electron chi connectivity index (χ2n) is 3.84. The average Bonchev–Trinajstić information content (AvgIpc) is 2.98. The minimum Gasteiger partial charge on any atom is -0.508 e. The molecule has 0 saturated heterocycles. The summed E-state index contributed by atoms with van der Waals surface area (Å²) in [6.45, 7) is 0. The van der Waals surface area contributed by atoms with Crippen LogP contribution < -0.4 is 4.74 Å². The summed E-state index contributed by atoms with van der Waals surface area (Å²) in [5.41, 5.74) is -0.267. The Kier molecular flexibility index (Phi) is 4.03. The van der Waals surface area contributed by atoms with Crippen LogP contribution in [0.15, 0.2) is 52.7 Å². The van der Waals surface area contributed by atoms with E-state index in [1.54, 1.807) is 12.1 Å². The van der Waals surface area contributed by atoms with Crippen LogP contribution in [0.2, 0.25) is 0 Å². The van der Waals surface area contributed by atoms with Gasteiger partial charge in [-0.1, -0.05) is 0 Å². The van der Waals surface area contributed by atoms with Crippen LogP contribution in [-0.4, -0.2) is 11.1 Å². The topological polar surface area (TPSA) is 107 Å². The van der Waals surface area contributed by atoms with Crippen molar-refractivity contribution in [3.05, 3.63) is 53.8 Å². The van der Waals surface area contributed by atoms with Gasteiger partial charge in [-0.3, -0.25) is 0 Å². The molecule has 1 N–H and O–H groups in total. The summed E-state index contributed by atoms with van der Waals surface area (Å²) in [5, 5.41) is 27.5. The minimum absolute atomic E-state index is 0.00714. The molecule has 2 rings (SSSR count). The van der Waals surface area contributed by atoms with Gasteiger partial charge in [0.15, 0.2) is 5.57 Å². The van der Waals surface area contributed by atoms with Gasteiger partial charge in [-0.2, -0.15) is 10.5 Å². The number of carbonyl (C=O) groups is 1. The van der Waals surface area contributed by atoms with E-state index in [4.69, 9.17) is 14.4 Å². The maximum atomic E-state index is 11.9. The average molecular weight is 280 g/mol. The lowest BCUT2D eigenvalue weighted by atomic mass is 10.0. The van der Waals surface area contributed by atoms with Crippen molar-refractivity contribution in [3.8, 4) is 23.8 Å².